The second-order valence-electron chi connectivity index (χ2n) is 5.08. The average Bonchev–Trinajstić information content (AvgIpc) is 2.49. The highest BCUT2D eigenvalue weighted by Gasteiger charge is 2.13. The number of halogens is 1. The molecule has 2 rings (SSSR count). The predicted octanol–water partition coefficient (Wildman–Crippen LogP) is 4.31. The second kappa shape index (κ2) is 7.32. The fourth-order valence-electron chi connectivity index (χ4n) is 2.31. The minimum Gasteiger partial charge on any atom is -0.394 e. The van der Waals surface area contributed by atoms with Crippen molar-refractivity contribution in [2.24, 2.45) is 0 Å². The summed E-state index contributed by atoms with van der Waals surface area (Å²) in [5, 5.41) is 13.6. The van der Waals surface area contributed by atoms with Gasteiger partial charge in [0.05, 0.1) is 6.61 Å². The zero-order chi connectivity index (χ0) is 14.4. The van der Waals surface area contributed by atoms with E-state index in [4.69, 9.17) is 11.6 Å². The van der Waals surface area contributed by atoms with Crippen LogP contribution in [0.1, 0.15) is 24.8 Å². The maximum Gasteiger partial charge on any atom is 0.0633 e. The first kappa shape index (κ1) is 14.9. The van der Waals surface area contributed by atoms with Crippen molar-refractivity contribution in [3.8, 4) is 0 Å². The van der Waals surface area contributed by atoms with Gasteiger partial charge in [0.1, 0.15) is 0 Å². The number of benzene rings is 2. The van der Waals surface area contributed by atoms with E-state index < -0.39 is 0 Å². The molecule has 0 radical (unpaired) electrons. The summed E-state index contributed by atoms with van der Waals surface area (Å²) in [6.45, 7) is 2.29. The van der Waals surface area contributed by atoms with Crippen molar-refractivity contribution in [2.45, 2.75) is 25.3 Å². The Kier molecular flexibility index (Phi) is 5.45. The van der Waals surface area contributed by atoms with Crippen LogP contribution in [-0.4, -0.2) is 17.8 Å². The van der Waals surface area contributed by atoms with Crippen LogP contribution in [0.25, 0.3) is 0 Å². The molecule has 0 amide bonds. The molecule has 0 fully saturated rings. The number of hydrogen-bond acceptors (Lipinski definition) is 2. The maximum absolute atomic E-state index is 9.55. The largest absolute Gasteiger partial charge is 0.394 e. The van der Waals surface area contributed by atoms with Crippen LogP contribution in [0.15, 0.2) is 54.6 Å². The van der Waals surface area contributed by atoms with Gasteiger partial charge in [-0.3, -0.25) is 0 Å². The van der Waals surface area contributed by atoms with E-state index in [2.05, 4.69) is 24.4 Å². The highest BCUT2D eigenvalue weighted by molar-refractivity contribution is 6.30. The standard InChI is InChI=1S/C17H20ClNO/c1-13(14-5-3-2-4-6-14)11-17(12-20)19-16-9-7-15(18)8-10-16/h2-10,13,17,19-20H,11-12H2,1H3. The fourth-order valence-corrected chi connectivity index (χ4v) is 2.43. The van der Waals surface area contributed by atoms with E-state index in [0.29, 0.717) is 10.9 Å². The lowest BCUT2D eigenvalue weighted by molar-refractivity contribution is 0.264. The molecule has 0 bridgehead atoms. The Morgan fingerprint density at radius 3 is 2.30 bits per heavy atom. The van der Waals surface area contributed by atoms with Crippen LogP contribution in [0, 0.1) is 0 Å². The summed E-state index contributed by atoms with van der Waals surface area (Å²) in [5.74, 6) is 0.396. The van der Waals surface area contributed by atoms with E-state index in [0.717, 1.165) is 12.1 Å². The lowest BCUT2D eigenvalue weighted by Gasteiger charge is -2.22. The predicted molar refractivity (Wildman–Crippen MR) is 85.4 cm³/mol. The van der Waals surface area contributed by atoms with Gasteiger partial charge in [-0.15, -0.1) is 0 Å². The van der Waals surface area contributed by atoms with E-state index in [1.54, 1.807) is 0 Å². The second-order valence-corrected chi connectivity index (χ2v) is 5.51. The van der Waals surface area contributed by atoms with Crippen LogP contribution < -0.4 is 5.32 Å². The lowest BCUT2D eigenvalue weighted by atomic mass is 9.94. The smallest absolute Gasteiger partial charge is 0.0633 e. The molecular formula is C17H20ClNO. The molecule has 0 saturated heterocycles. The maximum atomic E-state index is 9.55. The molecule has 0 aliphatic carbocycles. The van der Waals surface area contributed by atoms with Crippen molar-refractivity contribution in [3.05, 3.63) is 65.2 Å². The Bertz CT molecular complexity index is 512. The summed E-state index contributed by atoms with van der Waals surface area (Å²) < 4.78 is 0. The zero-order valence-electron chi connectivity index (χ0n) is 11.6. The van der Waals surface area contributed by atoms with Gasteiger partial charge in [0.2, 0.25) is 0 Å². The van der Waals surface area contributed by atoms with E-state index in [9.17, 15) is 5.11 Å². The van der Waals surface area contributed by atoms with Crippen LogP contribution in [0.4, 0.5) is 5.69 Å². The van der Waals surface area contributed by atoms with E-state index in [1.165, 1.54) is 5.56 Å². The average molecular weight is 290 g/mol. The van der Waals surface area contributed by atoms with Gasteiger partial charge in [0.25, 0.3) is 0 Å². The van der Waals surface area contributed by atoms with Gasteiger partial charge in [-0.2, -0.15) is 0 Å². The summed E-state index contributed by atoms with van der Waals surface area (Å²) in [6.07, 6.45) is 0.878. The van der Waals surface area contributed by atoms with Crippen molar-refractivity contribution in [1.29, 1.82) is 0 Å². The molecule has 0 aliphatic heterocycles. The first-order chi connectivity index (χ1) is 9.69. The van der Waals surface area contributed by atoms with Crippen LogP contribution >= 0.6 is 11.6 Å². The molecule has 2 atom stereocenters. The summed E-state index contributed by atoms with van der Waals surface area (Å²) in [7, 11) is 0. The molecule has 0 aliphatic rings. The Morgan fingerprint density at radius 2 is 1.70 bits per heavy atom. The van der Waals surface area contributed by atoms with E-state index in [1.807, 2.05) is 42.5 Å². The summed E-state index contributed by atoms with van der Waals surface area (Å²) >= 11 is 5.87. The van der Waals surface area contributed by atoms with Gasteiger partial charge in [-0.05, 0) is 42.2 Å². The Morgan fingerprint density at radius 1 is 1.05 bits per heavy atom. The van der Waals surface area contributed by atoms with Crippen molar-refractivity contribution in [3.63, 3.8) is 0 Å². The van der Waals surface area contributed by atoms with E-state index in [-0.39, 0.29) is 12.6 Å². The first-order valence-corrected chi connectivity index (χ1v) is 7.24. The fraction of sp³-hybridized carbons (Fsp3) is 0.294. The molecule has 0 spiro atoms. The van der Waals surface area contributed by atoms with Crippen LogP contribution in [0.2, 0.25) is 5.02 Å². The van der Waals surface area contributed by atoms with Gasteiger partial charge < -0.3 is 10.4 Å². The third kappa shape index (κ3) is 4.26. The number of aliphatic hydroxyl groups excluding tert-OH is 1. The van der Waals surface area contributed by atoms with Crippen LogP contribution in [-0.2, 0) is 0 Å². The SMILES string of the molecule is CC(CC(CO)Nc1ccc(Cl)cc1)c1ccccc1. The molecule has 2 aromatic rings. The Labute approximate surface area is 125 Å². The molecule has 2 N–H and O–H groups in total. The molecule has 0 aromatic heterocycles. The van der Waals surface area contributed by atoms with Crippen molar-refractivity contribution in [1.82, 2.24) is 0 Å². The molecule has 20 heavy (non-hydrogen) atoms. The molecule has 2 unspecified atom stereocenters. The minimum atomic E-state index is 0.0337. The molecule has 2 aromatic carbocycles. The molecule has 3 heteroatoms. The highest BCUT2D eigenvalue weighted by Crippen LogP contribution is 2.22. The Hall–Kier alpha value is -1.51. The van der Waals surface area contributed by atoms with Gasteiger partial charge in [-0.25, -0.2) is 0 Å². The lowest BCUT2D eigenvalue weighted by Crippen LogP contribution is -2.25. The highest BCUT2D eigenvalue weighted by atomic mass is 35.5. The summed E-state index contributed by atoms with van der Waals surface area (Å²) in [6, 6.07) is 18.0. The normalized spacial score (nSPS) is 13.8. The summed E-state index contributed by atoms with van der Waals surface area (Å²) in [4.78, 5) is 0. The molecule has 0 saturated carbocycles. The van der Waals surface area contributed by atoms with Crippen molar-refractivity contribution in [2.75, 3.05) is 11.9 Å². The minimum absolute atomic E-state index is 0.0337. The first-order valence-electron chi connectivity index (χ1n) is 6.87. The molecular weight excluding hydrogens is 270 g/mol. The van der Waals surface area contributed by atoms with Crippen molar-refractivity contribution >= 4 is 17.3 Å². The number of hydrogen-bond donors (Lipinski definition) is 2. The third-order valence-corrected chi connectivity index (χ3v) is 3.69. The van der Waals surface area contributed by atoms with Gasteiger partial charge >= 0.3 is 0 Å². The zero-order valence-corrected chi connectivity index (χ0v) is 12.3. The van der Waals surface area contributed by atoms with Crippen LogP contribution in [0.5, 0.6) is 0 Å². The number of nitrogens with one attached hydrogen (secondary N) is 1. The molecule has 0 heterocycles. The molecule has 2 nitrogen and oxygen atoms in total. The quantitative estimate of drug-likeness (QED) is 0.831. The van der Waals surface area contributed by atoms with Gasteiger partial charge in [-0.1, -0.05) is 48.9 Å². The number of anilines is 1. The third-order valence-electron chi connectivity index (χ3n) is 3.44. The monoisotopic (exact) mass is 289 g/mol. The van der Waals surface area contributed by atoms with Crippen molar-refractivity contribution < 1.29 is 5.11 Å². The van der Waals surface area contributed by atoms with Gasteiger partial charge in [0, 0.05) is 16.8 Å². The topological polar surface area (TPSA) is 32.3 Å². The van der Waals surface area contributed by atoms with E-state index >= 15 is 0 Å². The van der Waals surface area contributed by atoms with Crippen LogP contribution in [0.3, 0.4) is 0 Å². The Balaban J connectivity index is 1.97. The van der Waals surface area contributed by atoms with Gasteiger partial charge in [0.15, 0.2) is 0 Å². The number of rotatable bonds is 6. The summed E-state index contributed by atoms with van der Waals surface area (Å²) in [5.41, 5.74) is 2.28. The number of aliphatic hydroxyl groups is 1. The molecule has 106 valence electrons.